The molecule has 3 N–H and O–H groups in total. The van der Waals surface area contributed by atoms with Gasteiger partial charge in [-0.3, -0.25) is 9.59 Å². The summed E-state index contributed by atoms with van der Waals surface area (Å²) in [5.41, 5.74) is 0.393. The second-order valence-electron chi connectivity index (χ2n) is 6.70. The Kier molecular flexibility index (Phi) is 4.99. The third kappa shape index (κ3) is 3.96. The standard InChI is InChI=1S/C19H21FN2O3/c20-15-5-3-13(4-6-15)11-19(8-1-2-16(19)23)12-22-18(25)14-7-9-21-17(24)10-14/h3-7,9-10,16,23H,1-2,8,11-12H2,(H,21,24)(H,22,25)/t16-,19+/m0/s1. The Bertz CT molecular complexity index is 803. The molecular weight excluding hydrogens is 323 g/mol. The van der Waals surface area contributed by atoms with Crippen LogP contribution in [0.4, 0.5) is 4.39 Å². The van der Waals surface area contributed by atoms with E-state index < -0.39 is 11.5 Å². The first-order valence-electron chi connectivity index (χ1n) is 8.38. The largest absolute Gasteiger partial charge is 0.392 e. The summed E-state index contributed by atoms with van der Waals surface area (Å²) >= 11 is 0. The van der Waals surface area contributed by atoms with Gasteiger partial charge in [0, 0.05) is 29.8 Å². The number of aliphatic hydroxyl groups is 1. The number of nitrogens with one attached hydrogen (secondary N) is 2. The lowest BCUT2D eigenvalue weighted by atomic mass is 9.78. The van der Waals surface area contributed by atoms with Crippen LogP contribution in [0.1, 0.15) is 35.2 Å². The van der Waals surface area contributed by atoms with E-state index in [0.29, 0.717) is 19.4 Å². The molecule has 2 aromatic rings. The maximum Gasteiger partial charge on any atom is 0.251 e. The van der Waals surface area contributed by atoms with Gasteiger partial charge in [0.2, 0.25) is 5.56 Å². The van der Waals surface area contributed by atoms with Gasteiger partial charge in [0.15, 0.2) is 0 Å². The molecule has 1 amide bonds. The first kappa shape index (κ1) is 17.4. The lowest BCUT2D eigenvalue weighted by Crippen LogP contribution is -2.44. The van der Waals surface area contributed by atoms with Gasteiger partial charge in [-0.25, -0.2) is 4.39 Å². The minimum atomic E-state index is -0.531. The molecule has 1 aliphatic rings. The lowest BCUT2D eigenvalue weighted by molar-refractivity contribution is 0.0500. The maximum atomic E-state index is 13.1. The highest BCUT2D eigenvalue weighted by Crippen LogP contribution is 2.40. The summed E-state index contributed by atoms with van der Waals surface area (Å²) in [5, 5.41) is 13.3. The SMILES string of the molecule is O=C(NC[C@]1(Cc2ccc(F)cc2)CCC[C@@H]1O)c1cc[nH]c(=O)c1. The molecule has 0 saturated heterocycles. The number of carbonyl (C=O) groups is 1. The van der Waals surface area contributed by atoms with Crippen LogP contribution in [0.2, 0.25) is 0 Å². The van der Waals surface area contributed by atoms with Crippen LogP contribution in [0.3, 0.4) is 0 Å². The van der Waals surface area contributed by atoms with Gasteiger partial charge >= 0.3 is 0 Å². The number of hydrogen-bond donors (Lipinski definition) is 3. The summed E-state index contributed by atoms with van der Waals surface area (Å²) in [6.07, 6.45) is 3.80. The molecule has 1 aromatic heterocycles. The molecule has 6 heteroatoms. The number of H-pyrrole nitrogens is 1. The minimum Gasteiger partial charge on any atom is -0.392 e. The smallest absolute Gasteiger partial charge is 0.251 e. The fourth-order valence-electron chi connectivity index (χ4n) is 3.55. The van der Waals surface area contributed by atoms with Crippen molar-refractivity contribution >= 4 is 5.91 Å². The number of pyridine rings is 1. The molecule has 1 heterocycles. The second kappa shape index (κ2) is 7.19. The number of benzene rings is 1. The van der Waals surface area contributed by atoms with Crippen molar-refractivity contribution in [3.05, 3.63) is 69.9 Å². The third-order valence-corrected chi connectivity index (χ3v) is 4.97. The molecule has 25 heavy (non-hydrogen) atoms. The number of rotatable bonds is 5. The summed E-state index contributed by atoms with van der Waals surface area (Å²) in [6.45, 7) is 0.303. The number of aromatic amines is 1. The molecule has 1 aliphatic carbocycles. The zero-order valence-electron chi connectivity index (χ0n) is 13.8. The fourth-order valence-corrected chi connectivity index (χ4v) is 3.55. The molecular formula is C19H21FN2O3. The molecule has 0 aliphatic heterocycles. The summed E-state index contributed by atoms with van der Waals surface area (Å²) in [4.78, 5) is 26.1. The fraction of sp³-hybridized carbons (Fsp3) is 0.368. The van der Waals surface area contributed by atoms with Crippen LogP contribution in [0.25, 0.3) is 0 Å². The highest BCUT2D eigenvalue weighted by molar-refractivity contribution is 5.93. The number of hydrogen-bond acceptors (Lipinski definition) is 3. The number of carbonyl (C=O) groups excluding carboxylic acids is 1. The topological polar surface area (TPSA) is 82.2 Å². The van der Waals surface area contributed by atoms with Crippen molar-refractivity contribution in [3.63, 3.8) is 0 Å². The summed E-state index contributed by atoms with van der Waals surface area (Å²) in [6, 6.07) is 9.00. The first-order chi connectivity index (χ1) is 12.0. The Morgan fingerprint density at radius 1 is 1.32 bits per heavy atom. The van der Waals surface area contributed by atoms with Gasteiger partial charge in [0.05, 0.1) is 6.10 Å². The van der Waals surface area contributed by atoms with E-state index in [9.17, 15) is 19.1 Å². The summed E-state index contributed by atoms with van der Waals surface area (Å²) in [7, 11) is 0. The average Bonchev–Trinajstić information content (AvgIpc) is 2.95. The van der Waals surface area contributed by atoms with Crippen LogP contribution in [0.15, 0.2) is 47.4 Å². The molecule has 0 spiro atoms. The van der Waals surface area contributed by atoms with Crippen LogP contribution >= 0.6 is 0 Å². The Morgan fingerprint density at radius 2 is 2.08 bits per heavy atom. The van der Waals surface area contributed by atoms with Crippen molar-refractivity contribution < 1.29 is 14.3 Å². The predicted molar refractivity (Wildman–Crippen MR) is 91.8 cm³/mol. The number of amides is 1. The maximum absolute atomic E-state index is 13.1. The van der Waals surface area contributed by atoms with Gasteiger partial charge in [0.25, 0.3) is 5.91 Å². The number of aromatic nitrogens is 1. The number of aliphatic hydroxyl groups excluding tert-OH is 1. The molecule has 1 aromatic carbocycles. The van der Waals surface area contributed by atoms with E-state index in [-0.39, 0.29) is 22.8 Å². The monoisotopic (exact) mass is 344 g/mol. The van der Waals surface area contributed by atoms with E-state index in [1.165, 1.54) is 30.5 Å². The third-order valence-electron chi connectivity index (χ3n) is 4.97. The summed E-state index contributed by atoms with van der Waals surface area (Å²) in [5.74, 6) is -0.643. The highest BCUT2D eigenvalue weighted by atomic mass is 19.1. The molecule has 1 fully saturated rings. The molecule has 0 bridgehead atoms. The predicted octanol–water partition coefficient (Wildman–Crippen LogP) is 2.02. The van der Waals surface area contributed by atoms with Crippen LogP contribution in [-0.2, 0) is 6.42 Å². The van der Waals surface area contributed by atoms with E-state index in [4.69, 9.17) is 0 Å². The molecule has 2 atom stereocenters. The van der Waals surface area contributed by atoms with E-state index in [1.807, 2.05) is 0 Å². The van der Waals surface area contributed by atoms with Crippen LogP contribution in [0, 0.1) is 11.2 Å². The Balaban J connectivity index is 1.74. The molecule has 3 rings (SSSR count). The quantitative estimate of drug-likeness (QED) is 0.776. The first-order valence-corrected chi connectivity index (χ1v) is 8.38. The van der Waals surface area contributed by atoms with Gasteiger partial charge in [-0.05, 0) is 43.0 Å². The second-order valence-corrected chi connectivity index (χ2v) is 6.70. The van der Waals surface area contributed by atoms with E-state index in [2.05, 4.69) is 10.3 Å². The summed E-state index contributed by atoms with van der Waals surface area (Å²) < 4.78 is 13.1. The number of halogens is 1. The van der Waals surface area contributed by atoms with Crippen LogP contribution in [-0.4, -0.2) is 28.6 Å². The zero-order chi connectivity index (χ0) is 17.9. The van der Waals surface area contributed by atoms with Crippen molar-refractivity contribution in [2.75, 3.05) is 6.54 Å². The van der Waals surface area contributed by atoms with E-state index >= 15 is 0 Å². The van der Waals surface area contributed by atoms with Crippen LogP contribution in [0.5, 0.6) is 0 Å². The molecule has 0 unspecified atom stereocenters. The van der Waals surface area contributed by atoms with Gasteiger partial charge in [-0.2, -0.15) is 0 Å². The van der Waals surface area contributed by atoms with Gasteiger partial charge in [-0.1, -0.05) is 18.6 Å². The Hall–Kier alpha value is -2.47. The van der Waals surface area contributed by atoms with Crippen molar-refractivity contribution in [2.45, 2.75) is 31.8 Å². The Morgan fingerprint density at radius 3 is 2.72 bits per heavy atom. The normalized spacial score (nSPS) is 22.7. The molecule has 5 nitrogen and oxygen atoms in total. The molecule has 1 saturated carbocycles. The molecule has 132 valence electrons. The highest BCUT2D eigenvalue weighted by Gasteiger charge is 2.42. The van der Waals surface area contributed by atoms with Gasteiger partial charge in [-0.15, -0.1) is 0 Å². The van der Waals surface area contributed by atoms with E-state index in [0.717, 1.165) is 18.4 Å². The van der Waals surface area contributed by atoms with Crippen molar-refractivity contribution in [1.29, 1.82) is 0 Å². The van der Waals surface area contributed by atoms with Crippen molar-refractivity contribution in [1.82, 2.24) is 10.3 Å². The van der Waals surface area contributed by atoms with Gasteiger partial charge in [0.1, 0.15) is 5.82 Å². The van der Waals surface area contributed by atoms with E-state index in [1.54, 1.807) is 12.1 Å². The Labute approximate surface area is 144 Å². The van der Waals surface area contributed by atoms with Crippen molar-refractivity contribution in [3.8, 4) is 0 Å². The molecule has 0 radical (unpaired) electrons. The minimum absolute atomic E-state index is 0.285. The van der Waals surface area contributed by atoms with Gasteiger partial charge < -0.3 is 15.4 Å². The van der Waals surface area contributed by atoms with Crippen LogP contribution < -0.4 is 10.9 Å². The lowest BCUT2D eigenvalue weighted by Gasteiger charge is -2.33. The zero-order valence-corrected chi connectivity index (χ0v) is 13.8. The average molecular weight is 344 g/mol. The van der Waals surface area contributed by atoms with Crippen molar-refractivity contribution in [2.24, 2.45) is 5.41 Å².